The van der Waals surface area contributed by atoms with Gasteiger partial charge in [-0.25, -0.2) is 0 Å². The van der Waals surface area contributed by atoms with Gasteiger partial charge in [0.25, 0.3) is 0 Å². The Morgan fingerprint density at radius 2 is 2.25 bits per heavy atom. The quantitative estimate of drug-likeness (QED) is 0.608. The number of hydrogen-bond donors (Lipinski definition) is 1. The fourth-order valence-electron chi connectivity index (χ4n) is 1.42. The average Bonchev–Trinajstić information content (AvgIpc) is 2.87. The van der Waals surface area contributed by atoms with Gasteiger partial charge in [-0.1, -0.05) is 13.3 Å². The first kappa shape index (κ1) is 10.3. The molecule has 0 aromatic rings. The van der Waals surface area contributed by atoms with Crippen LogP contribution in [-0.4, -0.2) is 19.0 Å². The third-order valence-corrected chi connectivity index (χ3v) is 2.88. The Morgan fingerprint density at radius 3 is 2.75 bits per heavy atom. The van der Waals surface area contributed by atoms with E-state index in [0.29, 0.717) is 0 Å². The lowest BCUT2D eigenvalue weighted by atomic mass is 10.0. The molecule has 1 aliphatic rings. The minimum absolute atomic E-state index is 0.793. The second-order valence-electron chi connectivity index (χ2n) is 3.85. The van der Waals surface area contributed by atoms with E-state index >= 15 is 0 Å². The summed E-state index contributed by atoms with van der Waals surface area (Å²) >= 11 is 5.70. The van der Waals surface area contributed by atoms with Crippen molar-refractivity contribution in [3.05, 3.63) is 0 Å². The summed E-state index contributed by atoms with van der Waals surface area (Å²) < 4.78 is 0. The van der Waals surface area contributed by atoms with Crippen LogP contribution in [0.3, 0.4) is 0 Å². The lowest BCUT2D eigenvalue weighted by Crippen LogP contribution is -2.24. The van der Waals surface area contributed by atoms with Gasteiger partial charge in [0.05, 0.1) is 0 Å². The Labute approximate surface area is 80.9 Å². The highest BCUT2D eigenvalue weighted by Crippen LogP contribution is 2.27. The molecule has 0 radical (unpaired) electrons. The van der Waals surface area contributed by atoms with Gasteiger partial charge in [0.1, 0.15) is 0 Å². The molecule has 0 spiro atoms. The Hall–Kier alpha value is 0.250. The van der Waals surface area contributed by atoms with Gasteiger partial charge in [-0.2, -0.15) is 0 Å². The maximum atomic E-state index is 5.70. The van der Waals surface area contributed by atoms with Crippen molar-refractivity contribution in [3.8, 4) is 0 Å². The van der Waals surface area contributed by atoms with E-state index in [1.165, 1.54) is 32.4 Å². The summed E-state index contributed by atoms with van der Waals surface area (Å²) in [5, 5.41) is 3.52. The van der Waals surface area contributed by atoms with E-state index < -0.39 is 0 Å². The number of rotatable bonds is 7. The molecule has 0 amide bonds. The van der Waals surface area contributed by atoms with Crippen LogP contribution in [0.25, 0.3) is 0 Å². The smallest absolute Gasteiger partial charge is 0.0226 e. The zero-order valence-electron chi connectivity index (χ0n) is 7.98. The van der Waals surface area contributed by atoms with Crippen molar-refractivity contribution in [2.24, 2.45) is 11.8 Å². The average molecular weight is 190 g/mol. The molecule has 0 saturated heterocycles. The number of hydrogen-bond acceptors (Lipinski definition) is 1. The van der Waals surface area contributed by atoms with Crippen molar-refractivity contribution < 1.29 is 0 Å². The Balaban J connectivity index is 1.93. The summed E-state index contributed by atoms with van der Waals surface area (Å²) in [6.45, 7) is 4.65. The molecule has 0 heterocycles. The van der Waals surface area contributed by atoms with Gasteiger partial charge in [-0.15, -0.1) is 11.6 Å². The summed E-state index contributed by atoms with van der Waals surface area (Å²) in [5.41, 5.74) is 0. The lowest BCUT2D eigenvalue weighted by Gasteiger charge is -2.13. The highest BCUT2D eigenvalue weighted by atomic mass is 35.5. The molecule has 0 aromatic carbocycles. The van der Waals surface area contributed by atoms with Crippen LogP contribution in [0, 0.1) is 11.8 Å². The largest absolute Gasteiger partial charge is 0.316 e. The highest BCUT2D eigenvalue weighted by molar-refractivity contribution is 6.17. The van der Waals surface area contributed by atoms with Gasteiger partial charge in [-0.05, 0) is 44.2 Å². The zero-order valence-corrected chi connectivity index (χ0v) is 8.74. The summed E-state index contributed by atoms with van der Waals surface area (Å²) in [7, 11) is 0. The molecule has 1 rings (SSSR count). The monoisotopic (exact) mass is 189 g/mol. The van der Waals surface area contributed by atoms with E-state index in [2.05, 4.69) is 12.2 Å². The second-order valence-corrected chi connectivity index (χ2v) is 4.23. The summed E-state index contributed by atoms with van der Waals surface area (Å²) in [6, 6.07) is 0. The van der Waals surface area contributed by atoms with Crippen LogP contribution >= 0.6 is 11.6 Å². The molecule has 2 heteroatoms. The molecule has 1 aliphatic carbocycles. The van der Waals surface area contributed by atoms with E-state index in [1.807, 2.05) is 0 Å². The minimum Gasteiger partial charge on any atom is -0.316 e. The Kier molecular flexibility index (Phi) is 5.01. The predicted molar refractivity (Wildman–Crippen MR) is 54.7 cm³/mol. The molecular weight excluding hydrogens is 170 g/mol. The van der Waals surface area contributed by atoms with Gasteiger partial charge in [0, 0.05) is 5.88 Å². The van der Waals surface area contributed by atoms with Gasteiger partial charge in [-0.3, -0.25) is 0 Å². The third kappa shape index (κ3) is 4.32. The normalized spacial score (nSPS) is 19.5. The van der Waals surface area contributed by atoms with Crippen molar-refractivity contribution in [2.45, 2.75) is 32.6 Å². The van der Waals surface area contributed by atoms with E-state index in [1.54, 1.807) is 0 Å². The van der Waals surface area contributed by atoms with Gasteiger partial charge in [0.15, 0.2) is 0 Å². The summed E-state index contributed by atoms with van der Waals surface area (Å²) in [6.07, 6.45) is 5.30. The number of halogens is 1. The van der Waals surface area contributed by atoms with Crippen LogP contribution < -0.4 is 5.32 Å². The van der Waals surface area contributed by atoms with Crippen molar-refractivity contribution in [3.63, 3.8) is 0 Å². The Morgan fingerprint density at radius 1 is 1.50 bits per heavy atom. The minimum atomic E-state index is 0.793. The fraction of sp³-hybridized carbons (Fsp3) is 1.00. The van der Waals surface area contributed by atoms with Crippen molar-refractivity contribution >= 4 is 11.6 Å². The predicted octanol–water partition coefficient (Wildman–Crippen LogP) is 2.64. The zero-order chi connectivity index (χ0) is 8.81. The van der Waals surface area contributed by atoms with Crippen molar-refractivity contribution in [1.29, 1.82) is 0 Å². The van der Waals surface area contributed by atoms with Crippen LogP contribution in [0.4, 0.5) is 0 Å². The van der Waals surface area contributed by atoms with Gasteiger partial charge >= 0.3 is 0 Å². The molecular formula is C10H20ClN. The number of alkyl halides is 1. The summed E-state index contributed by atoms with van der Waals surface area (Å²) in [4.78, 5) is 0. The molecule has 0 bridgehead atoms. The molecule has 1 unspecified atom stereocenters. The van der Waals surface area contributed by atoms with Crippen LogP contribution in [0.1, 0.15) is 32.6 Å². The topological polar surface area (TPSA) is 12.0 Å². The fourth-order valence-corrected chi connectivity index (χ4v) is 1.73. The van der Waals surface area contributed by atoms with Crippen LogP contribution in [0.2, 0.25) is 0 Å². The molecule has 0 aromatic heterocycles. The van der Waals surface area contributed by atoms with Gasteiger partial charge in [0.2, 0.25) is 0 Å². The standard InChI is InChI=1S/C10H20ClN/c1-2-9(5-6-11)7-12-8-10-3-4-10/h9-10,12H,2-8H2,1H3. The first-order chi connectivity index (χ1) is 5.86. The highest BCUT2D eigenvalue weighted by Gasteiger charge is 2.20. The molecule has 1 atom stereocenters. The molecule has 1 saturated carbocycles. The SMILES string of the molecule is CCC(CCCl)CNCC1CC1. The lowest BCUT2D eigenvalue weighted by molar-refractivity contribution is 0.446. The van der Waals surface area contributed by atoms with E-state index in [9.17, 15) is 0 Å². The first-order valence-electron chi connectivity index (χ1n) is 5.13. The van der Waals surface area contributed by atoms with Crippen LogP contribution in [0.15, 0.2) is 0 Å². The molecule has 1 N–H and O–H groups in total. The maximum Gasteiger partial charge on any atom is 0.0226 e. The molecule has 1 nitrogen and oxygen atoms in total. The first-order valence-corrected chi connectivity index (χ1v) is 5.67. The van der Waals surface area contributed by atoms with Crippen LogP contribution in [0.5, 0.6) is 0 Å². The second kappa shape index (κ2) is 5.82. The molecule has 0 aliphatic heterocycles. The summed E-state index contributed by atoms with van der Waals surface area (Å²) in [5.74, 6) is 2.60. The Bertz CT molecular complexity index is 112. The molecule has 1 fully saturated rings. The number of nitrogens with one attached hydrogen (secondary N) is 1. The van der Waals surface area contributed by atoms with E-state index in [4.69, 9.17) is 11.6 Å². The van der Waals surface area contributed by atoms with E-state index in [-0.39, 0.29) is 0 Å². The molecule has 72 valence electrons. The van der Waals surface area contributed by atoms with Crippen molar-refractivity contribution in [2.75, 3.05) is 19.0 Å². The van der Waals surface area contributed by atoms with Gasteiger partial charge < -0.3 is 5.32 Å². The van der Waals surface area contributed by atoms with Crippen molar-refractivity contribution in [1.82, 2.24) is 5.32 Å². The maximum absolute atomic E-state index is 5.70. The third-order valence-electron chi connectivity index (χ3n) is 2.66. The molecule has 12 heavy (non-hydrogen) atoms. The van der Waals surface area contributed by atoms with E-state index in [0.717, 1.165) is 24.1 Å². The van der Waals surface area contributed by atoms with Crippen LogP contribution in [-0.2, 0) is 0 Å².